The molecule has 0 bridgehead atoms. The molecule has 2 aromatic heterocycles. The van der Waals surface area contributed by atoms with E-state index in [4.69, 9.17) is 0 Å². The lowest BCUT2D eigenvalue weighted by molar-refractivity contribution is 0.0782. The van der Waals surface area contributed by atoms with Crippen LogP contribution in [-0.4, -0.2) is 45.4 Å². The van der Waals surface area contributed by atoms with E-state index in [0.717, 1.165) is 6.07 Å². The fraction of sp³-hybridized carbons (Fsp3) is 0.143. The third-order valence-electron chi connectivity index (χ3n) is 5.03. The van der Waals surface area contributed by atoms with E-state index < -0.39 is 32.5 Å². The second kappa shape index (κ2) is 8.67. The maximum Gasteiger partial charge on any atom is 0.295 e. The smallest absolute Gasteiger partial charge is 0.295 e. The van der Waals surface area contributed by atoms with Crippen molar-refractivity contribution in [3.8, 4) is 0 Å². The van der Waals surface area contributed by atoms with Gasteiger partial charge >= 0.3 is 0 Å². The Morgan fingerprint density at radius 1 is 1.12 bits per heavy atom. The molecule has 0 radical (unpaired) electrons. The van der Waals surface area contributed by atoms with Crippen LogP contribution >= 0.6 is 0 Å². The molecule has 0 fully saturated rings. The second-order valence-corrected chi connectivity index (χ2v) is 9.06. The fourth-order valence-electron chi connectivity index (χ4n) is 3.26. The number of sulfonamides is 1. The van der Waals surface area contributed by atoms with E-state index in [-0.39, 0.29) is 29.0 Å². The lowest BCUT2D eigenvalue weighted by Crippen LogP contribution is -2.29. The van der Waals surface area contributed by atoms with Gasteiger partial charge in [-0.3, -0.25) is 18.7 Å². The van der Waals surface area contributed by atoms with E-state index >= 15 is 0 Å². The molecule has 2 heterocycles. The molecule has 176 valence electrons. The number of nitrogens with zero attached hydrogens (tertiary/aromatic N) is 5. The Morgan fingerprint density at radius 2 is 1.85 bits per heavy atom. The van der Waals surface area contributed by atoms with Gasteiger partial charge in [-0.25, -0.2) is 17.2 Å². The molecule has 13 heteroatoms. The number of rotatable bonds is 6. The zero-order chi connectivity index (χ0) is 24.6. The van der Waals surface area contributed by atoms with Crippen LogP contribution in [-0.2, 0) is 23.6 Å². The quantitative estimate of drug-likeness (QED) is 0.442. The number of halogens is 2. The molecule has 1 N–H and O–H groups in total. The molecule has 0 spiro atoms. The minimum atomic E-state index is -4.54. The van der Waals surface area contributed by atoms with E-state index in [1.54, 1.807) is 13.2 Å². The first-order valence-electron chi connectivity index (χ1n) is 9.80. The van der Waals surface area contributed by atoms with Crippen molar-refractivity contribution in [3.05, 3.63) is 88.2 Å². The highest BCUT2D eigenvalue weighted by Gasteiger charge is 2.24. The summed E-state index contributed by atoms with van der Waals surface area (Å²) in [4.78, 5) is 25.7. The average Bonchev–Trinajstić information content (AvgIpc) is 3.20. The van der Waals surface area contributed by atoms with Gasteiger partial charge < -0.3 is 9.47 Å². The number of aryl methyl sites for hydroxylation is 1. The van der Waals surface area contributed by atoms with Gasteiger partial charge in [-0.05, 0) is 30.3 Å². The van der Waals surface area contributed by atoms with Gasteiger partial charge in [0.25, 0.3) is 21.5 Å². The van der Waals surface area contributed by atoms with Crippen LogP contribution in [0.1, 0.15) is 16.2 Å². The molecule has 4 aromatic rings. The SMILES string of the molecule is CN(Cc1nnc2c(=O)n(C)ccn12)C(=O)c1ccccc1NS(=O)(=O)c1cc(F)ccc1F. The summed E-state index contributed by atoms with van der Waals surface area (Å²) in [6, 6.07) is 7.77. The van der Waals surface area contributed by atoms with Gasteiger partial charge in [-0.2, -0.15) is 0 Å². The second-order valence-electron chi connectivity index (χ2n) is 7.41. The number of fused-ring (bicyclic) bond motifs is 1. The highest BCUT2D eigenvalue weighted by Crippen LogP contribution is 2.23. The number of para-hydroxylation sites is 1. The number of anilines is 1. The Bertz CT molecular complexity index is 1580. The van der Waals surface area contributed by atoms with Crippen molar-refractivity contribution in [2.24, 2.45) is 7.05 Å². The van der Waals surface area contributed by atoms with Gasteiger partial charge in [0.05, 0.1) is 17.8 Å². The van der Waals surface area contributed by atoms with Crippen LogP contribution in [0.15, 0.2) is 64.5 Å². The lowest BCUT2D eigenvalue weighted by atomic mass is 10.1. The van der Waals surface area contributed by atoms with Gasteiger partial charge in [0.1, 0.15) is 16.5 Å². The number of hydrogen-bond acceptors (Lipinski definition) is 6. The highest BCUT2D eigenvalue weighted by atomic mass is 32.2. The minimum absolute atomic E-state index is 0.0323. The third-order valence-corrected chi connectivity index (χ3v) is 6.41. The molecule has 34 heavy (non-hydrogen) atoms. The first-order chi connectivity index (χ1) is 16.1. The fourth-order valence-corrected chi connectivity index (χ4v) is 4.43. The minimum Gasteiger partial charge on any atom is -0.334 e. The van der Waals surface area contributed by atoms with Crippen molar-refractivity contribution in [2.45, 2.75) is 11.4 Å². The van der Waals surface area contributed by atoms with Crippen LogP contribution in [0.4, 0.5) is 14.5 Å². The Morgan fingerprint density at radius 3 is 2.62 bits per heavy atom. The van der Waals surface area contributed by atoms with E-state index in [1.165, 1.54) is 51.4 Å². The number of carbonyl (C=O) groups is 1. The van der Waals surface area contributed by atoms with Gasteiger partial charge in [-0.15, -0.1) is 10.2 Å². The van der Waals surface area contributed by atoms with E-state index in [1.807, 2.05) is 0 Å². The highest BCUT2D eigenvalue weighted by molar-refractivity contribution is 7.92. The van der Waals surface area contributed by atoms with Gasteiger partial charge in [0.2, 0.25) is 5.65 Å². The molecule has 0 aliphatic rings. The van der Waals surface area contributed by atoms with Crippen LogP contribution in [0.3, 0.4) is 0 Å². The standard InChI is InChI=1S/C21H18F2N6O4S/c1-27-9-10-29-18(24-25-19(29)21(27)31)12-28(2)20(30)14-5-3-4-6-16(14)26-34(32,33)17-11-13(22)7-8-15(17)23/h3-11,26H,12H2,1-2H3. The van der Waals surface area contributed by atoms with Crippen LogP contribution < -0.4 is 10.3 Å². The first-order valence-corrected chi connectivity index (χ1v) is 11.3. The van der Waals surface area contributed by atoms with Gasteiger partial charge in [0.15, 0.2) is 5.82 Å². The van der Waals surface area contributed by atoms with Crippen molar-refractivity contribution in [2.75, 3.05) is 11.8 Å². The maximum absolute atomic E-state index is 14.0. The molecule has 4 rings (SSSR count). The van der Waals surface area contributed by atoms with Gasteiger partial charge in [-0.1, -0.05) is 12.1 Å². The summed E-state index contributed by atoms with van der Waals surface area (Å²) in [6.07, 6.45) is 3.11. The van der Waals surface area contributed by atoms with Crippen molar-refractivity contribution < 1.29 is 22.0 Å². The molecule has 0 saturated heterocycles. The lowest BCUT2D eigenvalue weighted by Gasteiger charge is -2.19. The average molecular weight is 488 g/mol. The van der Waals surface area contributed by atoms with Crippen molar-refractivity contribution in [1.29, 1.82) is 0 Å². The Balaban J connectivity index is 1.62. The summed E-state index contributed by atoms with van der Waals surface area (Å²) >= 11 is 0. The number of hydrogen-bond donors (Lipinski definition) is 1. The third kappa shape index (κ3) is 4.24. The van der Waals surface area contributed by atoms with Crippen LogP contribution in [0.2, 0.25) is 0 Å². The van der Waals surface area contributed by atoms with Crippen molar-refractivity contribution in [1.82, 2.24) is 24.1 Å². The molecule has 0 unspecified atom stereocenters. The van der Waals surface area contributed by atoms with Crippen LogP contribution in [0.5, 0.6) is 0 Å². The van der Waals surface area contributed by atoms with Crippen molar-refractivity contribution >= 4 is 27.3 Å². The summed E-state index contributed by atoms with van der Waals surface area (Å²) in [5.74, 6) is -2.34. The molecule has 0 aliphatic carbocycles. The maximum atomic E-state index is 14.0. The number of amides is 1. The number of aromatic nitrogens is 4. The van der Waals surface area contributed by atoms with E-state index in [9.17, 15) is 26.8 Å². The summed E-state index contributed by atoms with van der Waals surface area (Å²) in [6.45, 7) is -0.0488. The molecule has 10 nitrogen and oxygen atoms in total. The monoisotopic (exact) mass is 488 g/mol. The van der Waals surface area contributed by atoms with Crippen molar-refractivity contribution in [3.63, 3.8) is 0 Å². The molecule has 0 saturated carbocycles. The predicted molar refractivity (Wildman–Crippen MR) is 118 cm³/mol. The molecule has 1 amide bonds. The Labute approximate surface area is 192 Å². The topological polar surface area (TPSA) is 119 Å². The number of carbonyl (C=O) groups excluding carboxylic acids is 1. The van der Waals surface area contributed by atoms with E-state index in [0.29, 0.717) is 18.0 Å². The summed E-state index contributed by atoms with van der Waals surface area (Å²) in [7, 11) is -1.51. The first kappa shape index (κ1) is 23.0. The Hall–Kier alpha value is -4.13. The molecule has 0 aliphatic heterocycles. The predicted octanol–water partition coefficient (Wildman–Crippen LogP) is 1.78. The van der Waals surface area contributed by atoms with Gasteiger partial charge in [0, 0.05) is 26.5 Å². The summed E-state index contributed by atoms with van der Waals surface area (Å²) < 4.78 is 57.9. The molecule has 2 aromatic carbocycles. The van der Waals surface area contributed by atoms with Crippen LogP contribution in [0, 0.1) is 11.6 Å². The summed E-state index contributed by atoms with van der Waals surface area (Å²) in [5, 5.41) is 7.83. The number of benzene rings is 2. The van der Waals surface area contributed by atoms with Crippen LogP contribution in [0.25, 0.3) is 5.65 Å². The molecule has 0 atom stereocenters. The number of nitrogens with one attached hydrogen (secondary N) is 1. The normalized spacial score (nSPS) is 11.5. The zero-order valence-electron chi connectivity index (χ0n) is 17.9. The zero-order valence-corrected chi connectivity index (χ0v) is 18.8. The van der Waals surface area contributed by atoms with E-state index in [2.05, 4.69) is 14.9 Å². The molecular formula is C21H18F2N6O4S. The Kier molecular flexibility index (Phi) is 5.87. The largest absolute Gasteiger partial charge is 0.334 e. The molecular weight excluding hydrogens is 470 g/mol. The summed E-state index contributed by atoms with van der Waals surface area (Å²) in [5.41, 5.74) is -0.427.